The highest BCUT2D eigenvalue weighted by atomic mass is 19.3. The van der Waals surface area contributed by atoms with E-state index in [-0.39, 0.29) is 24.7 Å². The Labute approximate surface area is 180 Å². The molecule has 4 rings (SSSR count). The maximum atomic E-state index is 12.4. The zero-order valence-electron chi connectivity index (χ0n) is 17.7. The summed E-state index contributed by atoms with van der Waals surface area (Å²) in [5, 5.41) is 19.4. The lowest BCUT2D eigenvalue weighted by molar-refractivity contribution is 0.135. The monoisotopic (exact) mass is 430 g/mol. The first-order valence-electron chi connectivity index (χ1n) is 10.7. The zero-order chi connectivity index (χ0) is 21.8. The van der Waals surface area contributed by atoms with Crippen molar-refractivity contribution in [3.05, 3.63) is 36.9 Å². The maximum Gasteiger partial charge on any atom is 0.250 e. The fourth-order valence-electron chi connectivity index (χ4n) is 3.99. The van der Waals surface area contributed by atoms with Gasteiger partial charge < -0.3 is 10.6 Å². The Kier molecular flexibility index (Phi) is 6.55. The van der Waals surface area contributed by atoms with Gasteiger partial charge in [-0.3, -0.25) is 0 Å². The average molecular weight is 431 g/mol. The molecule has 0 unspecified atom stereocenters. The number of alkyl halides is 2. The Hall–Kier alpha value is -2.88. The first-order valence-corrected chi connectivity index (χ1v) is 10.7. The summed E-state index contributed by atoms with van der Waals surface area (Å²) in [5.41, 5.74) is 2.55. The van der Waals surface area contributed by atoms with Crippen molar-refractivity contribution >= 4 is 5.69 Å². The molecule has 0 amide bonds. The van der Waals surface area contributed by atoms with E-state index in [1.807, 2.05) is 29.2 Å². The number of aromatic nitrogens is 6. The standard InChI is InChI=1S/C21H28F2N8/c1-14(2)27-18-10-21(30-9-3-8-26-30)25-11-17(18)19-13-31(29-28-19)16-6-4-15(5-7-16)24-12-20(22)23/h3,8-11,13-16,20,24H,4-7,12H2,1-2H3,(H,25,27)/t15-,16-. The molecule has 0 radical (unpaired) electrons. The van der Waals surface area contributed by atoms with Crippen LogP contribution < -0.4 is 10.6 Å². The summed E-state index contributed by atoms with van der Waals surface area (Å²) in [6.45, 7) is 3.92. The molecule has 1 fully saturated rings. The smallest absolute Gasteiger partial charge is 0.250 e. The third-order valence-electron chi connectivity index (χ3n) is 5.49. The van der Waals surface area contributed by atoms with E-state index in [9.17, 15) is 8.78 Å². The number of nitrogens with one attached hydrogen (secondary N) is 2. The second-order valence-electron chi connectivity index (χ2n) is 8.23. The van der Waals surface area contributed by atoms with Gasteiger partial charge in [0, 0.05) is 48.0 Å². The summed E-state index contributed by atoms with van der Waals surface area (Å²) < 4.78 is 28.4. The average Bonchev–Trinajstić information content (AvgIpc) is 3.45. The van der Waals surface area contributed by atoms with E-state index in [2.05, 4.69) is 44.9 Å². The Balaban J connectivity index is 1.49. The van der Waals surface area contributed by atoms with Crippen LogP contribution in [0.5, 0.6) is 0 Å². The van der Waals surface area contributed by atoms with Crippen molar-refractivity contribution < 1.29 is 8.78 Å². The normalized spacial score (nSPS) is 19.3. The van der Waals surface area contributed by atoms with Crippen molar-refractivity contribution in [2.24, 2.45) is 0 Å². The van der Waals surface area contributed by atoms with Crippen molar-refractivity contribution in [3.63, 3.8) is 0 Å². The predicted molar refractivity (Wildman–Crippen MR) is 114 cm³/mol. The summed E-state index contributed by atoms with van der Waals surface area (Å²) in [7, 11) is 0. The van der Waals surface area contributed by atoms with E-state index in [4.69, 9.17) is 0 Å². The van der Waals surface area contributed by atoms with Crippen LogP contribution in [-0.4, -0.2) is 54.8 Å². The number of rotatable bonds is 8. The van der Waals surface area contributed by atoms with E-state index >= 15 is 0 Å². The second-order valence-corrected chi connectivity index (χ2v) is 8.23. The van der Waals surface area contributed by atoms with E-state index in [1.165, 1.54) is 0 Å². The highest BCUT2D eigenvalue weighted by Crippen LogP contribution is 2.31. The number of nitrogens with zero attached hydrogens (tertiary/aromatic N) is 6. The van der Waals surface area contributed by atoms with Gasteiger partial charge in [-0.05, 0) is 45.6 Å². The fraction of sp³-hybridized carbons (Fsp3) is 0.524. The van der Waals surface area contributed by atoms with E-state index < -0.39 is 6.43 Å². The van der Waals surface area contributed by atoms with Crippen molar-refractivity contribution in [1.82, 2.24) is 35.1 Å². The predicted octanol–water partition coefficient (Wildman–Crippen LogP) is 3.68. The van der Waals surface area contributed by atoms with Gasteiger partial charge in [0.1, 0.15) is 5.69 Å². The van der Waals surface area contributed by atoms with Crippen LogP contribution in [0.1, 0.15) is 45.6 Å². The number of hydrogen-bond acceptors (Lipinski definition) is 6. The van der Waals surface area contributed by atoms with E-state index in [1.54, 1.807) is 17.1 Å². The van der Waals surface area contributed by atoms with Gasteiger partial charge in [-0.25, -0.2) is 23.1 Å². The molecule has 0 saturated heterocycles. The molecule has 0 aromatic carbocycles. The number of pyridine rings is 1. The highest BCUT2D eigenvalue weighted by molar-refractivity contribution is 5.75. The van der Waals surface area contributed by atoms with Gasteiger partial charge in [-0.15, -0.1) is 5.10 Å². The highest BCUT2D eigenvalue weighted by Gasteiger charge is 2.24. The van der Waals surface area contributed by atoms with Gasteiger partial charge in [0.2, 0.25) is 0 Å². The lowest BCUT2D eigenvalue weighted by Crippen LogP contribution is -2.36. The minimum atomic E-state index is -2.31. The van der Waals surface area contributed by atoms with Crippen molar-refractivity contribution in [1.29, 1.82) is 0 Å². The largest absolute Gasteiger partial charge is 0.382 e. The Bertz CT molecular complexity index is 962. The third-order valence-corrected chi connectivity index (χ3v) is 5.49. The molecule has 0 spiro atoms. The third kappa shape index (κ3) is 5.25. The lowest BCUT2D eigenvalue weighted by Gasteiger charge is -2.29. The quantitative estimate of drug-likeness (QED) is 0.567. The summed E-state index contributed by atoms with van der Waals surface area (Å²) in [6, 6.07) is 4.42. The molecule has 1 saturated carbocycles. The van der Waals surface area contributed by atoms with Gasteiger partial charge in [-0.1, -0.05) is 5.21 Å². The van der Waals surface area contributed by atoms with Gasteiger partial charge in [0.25, 0.3) is 6.43 Å². The van der Waals surface area contributed by atoms with Gasteiger partial charge >= 0.3 is 0 Å². The van der Waals surface area contributed by atoms with Gasteiger partial charge in [-0.2, -0.15) is 5.10 Å². The molecule has 3 aromatic rings. The molecule has 10 heteroatoms. The van der Waals surface area contributed by atoms with Crippen LogP contribution >= 0.6 is 0 Å². The van der Waals surface area contributed by atoms with Crippen LogP contribution in [0.2, 0.25) is 0 Å². The molecule has 0 bridgehead atoms. The van der Waals surface area contributed by atoms with Crippen molar-refractivity contribution in [2.45, 2.75) is 64.1 Å². The van der Waals surface area contributed by atoms with Crippen LogP contribution in [0.15, 0.2) is 36.9 Å². The first kappa shape index (κ1) is 21.4. The van der Waals surface area contributed by atoms with Crippen LogP contribution in [0.3, 0.4) is 0 Å². The molecule has 0 aliphatic heterocycles. The van der Waals surface area contributed by atoms with Crippen molar-refractivity contribution in [3.8, 4) is 17.1 Å². The molecule has 8 nitrogen and oxygen atoms in total. The SMILES string of the molecule is CC(C)Nc1cc(-n2cccn2)ncc1-c1cn([C@H]2CC[C@H](NCC(F)F)CC2)nn1. The molecule has 1 aliphatic carbocycles. The molecule has 166 valence electrons. The summed E-state index contributed by atoms with van der Waals surface area (Å²) in [6.07, 6.45) is 8.49. The van der Waals surface area contributed by atoms with Crippen molar-refractivity contribution in [2.75, 3.05) is 11.9 Å². The topological polar surface area (TPSA) is 85.5 Å². The molecule has 31 heavy (non-hydrogen) atoms. The Morgan fingerprint density at radius 1 is 1.19 bits per heavy atom. The molecule has 1 aliphatic rings. The summed E-state index contributed by atoms with van der Waals surface area (Å²) in [4.78, 5) is 4.55. The molecule has 3 heterocycles. The number of hydrogen-bond donors (Lipinski definition) is 2. The van der Waals surface area contributed by atoms with Crippen LogP contribution in [0.25, 0.3) is 17.1 Å². The Morgan fingerprint density at radius 2 is 2.00 bits per heavy atom. The van der Waals surface area contributed by atoms with Crippen LogP contribution in [0.4, 0.5) is 14.5 Å². The summed E-state index contributed by atoms with van der Waals surface area (Å²) in [5.74, 6) is 0.721. The number of anilines is 1. The summed E-state index contributed by atoms with van der Waals surface area (Å²) >= 11 is 0. The van der Waals surface area contributed by atoms with E-state index in [0.29, 0.717) is 0 Å². The van der Waals surface area contributed by atoms with E-state index in [0.717, 1.165) is 48.4 Å². The van der Waals surface area contributed by atoms with Crippen LogP contribution in [-0.2, 0) is 0 Å². The lowest BCUT2D eigenvalue weighted by atomic mass is 9.91. The molecule has 0 atom stereocenters. The van der Waals surface area contributed by atoms with Gasteiger partial charge in [0.05, 0.1) is 18.8 Å². The molecular formula is C21H28F2N8. The zero-order valence-corrected chi connectivity index (χ0v) is 17.7. The second kappa shape index (κ2) is 9.51. The Morgan fingerprint density at radius 3 is 2.68 bits per heavy atom. The molecular weight excluding hydrogens is 402 g/mol. The van der Waals surface area contributed by atoms with Gasteiger partial charge in [0.15, 0.2) is 5.82 Å². The molecule has 3 aromatic heterocycles. The molecule has 2 N–H and O–H groups in total. The number of halogens is 2. The maximum absolute atomic E-state index is 12.4. The fourth-order valence-corrected chi connectivity index (χ4v) is 3.99. The minimum Gasteiger partial charge on any atom is -0.382 e. The first-order chi connectivity index (χ1) is 15.0. The minimum absolute atomic E-state index is 0.147. The van der Waals surface area contributed by atoms with Crippen LogP contribution in [0, 0.1) is 0 Å².